The standard InChI is InChI=1S/C16H11BrFNO3.H2O/c1-22-16(20)14-13(17)9-6-11(15(14)18)5-2-10-3-7-12(19-21)8-4-10;/h2-9H,1H3;1H2/b5-2+;. The molecule has 0 spiro atoms. The van der Waals surface area contributed by atoms with E-state index in [4.69, 9.17) is 0 Å². The number of hydrogen-bond donors (Lipinski definition) is 1. The van der Waals surface area contributed by atoms with Gasteiger partial charge in [0, 0.05) is 32.3 Å². The lowest BCUT2D eigenvalue weighted by atomic mass is 10.1. The third kappa shape index (κ3) is 4.30. The van der Waals surface area contributed by atoms with Crippen LogP contribution in [-0.2, 0) is 4.74 Å². The minimum Gasteiger partial charge on any atom is -0.870 e. The maximum absolute atomic E-state index is 14.4. The molecule has 0 saturated heterocycles. The number of carbonyl (C=O) groups excluding carboxylic acids is 1. The number of hydrogen-bond acceptors (Lipinski definition) is 4. The molecule has 0 radical (unpaired) electrons. The predicted octanol–water partition coefficient (Wildman–Crippen LogP) is 2.85. The molecule has 120 valence electrons. The SMILES string of the molecule is COC(=O)c1c(Br)ccc(/C=C/c2ccc([NH+]=O)cc2)c1F.[OH-]. The van der Waals surface area contributed by atoms with Crippen molar-refractivity contribution in [3.63, 3.8) is 0 Å². The van der Waals surface area contributed by atoms with Crippen molar-refractivity contribution in [1.29, 1.82) is 0 Å². The largest absolute Gasteiger partial charge is 0.870 e. The fourth-order valence-corrected chi connectivity index (χ4v) is 2.30. The van der Waals surface area contributed by atoms with E-state index in [0.717, 1.165) is 5.56 Å². The van der Waals surface area contributed by atoms with Crippen LogP contribution in [0.2, 0.25) is 0 Å². The normalized spacial score (nSPS) is 10.2. The van der Waals surface area contributed by atoms with E-state index in [1.54, 1.807) is 53.7 Å². The first-order valence-electron chi connectivity index (χ1n) is 6.29. The Bertz CT molecular complexity index is 744. The highest BCUT2D eigenvalue weighted by Gasteiger charge is 2.18. The average Bonchev–Trinajstić information content (AvgIpc) is 2.54. The zero-order valence-corrected chi connectivity index (χ0v) is 13.6. The molecule has 23 heavy (non-hydrogen) atoms. The van der Waals surface area contributed by atoms with E-state index in [1.807, 2.05) is 0 Å². The molecule has 0 atom stereocenters. The fourth-order valence-electron chi connectivity index (χ4n) is 1.83. The van der Waals surface area contributed by atoms with Gasteiger partial charge >= 0.3 is 5.97 Å². The fraction of sp³-hybridized carbons (Fsp3) is 0.0625. The summed E-state index contributed by atoms with van der Waals surface area (Å²) in [7, 11) is 1.20. The van der Waals surface area contributed by atoms with Crippen LogP contribution in [-0.4, -0.2) is 18.6 Å². The maximum atomic E-state index is 14.4. The Balaban J connectivity index is 0.00000264. The molecule has 0 saturated carbocycles. The van der Waals surface area contributed by atoms with E-state index in [2.05, 4.69) is 20.7 Å². The number of rotatable bonds is 4. The second-order valence-electron chi connectivity index (χ2n) is 4.37. The van der Waals surface area contributed by atoms with Crippen LogP contribution in [0.1, 0.15) is 21.5 Å². The molecule has 0 amide bonds. The van der Waals surface area contributed by atoms with Crippen molar-refractivity contribution >= 4 is 39.7 Å². The van der Waals surface area contributed by atoms with E-state index >= 15 is 0 Å². The van der Waals surface area contributed by atoms with Crippen LogP contribution in [0, 0.1) is 10.7 Å². The molecule has 0 bridgehead atoms. The van der Waals surface area contributed by atoms with E-state index in [1.165, 1.54) is 7.11 Å². The molecule has 0 aliphatic rings. The third-order valence-corrected chi connectivity index (χ3v) is 3.66. The van der Waals surface area contributed by atoms with Gasteiger partial charge in [-0.05, 0) is 39.7 Å². The van der Waals surface area contributed by atoms with E-state index in [0.29, 0.717) is 10.2 Å². The molecule has 0 aliphatic heterocycles. The van der Waals surface area contributed by atoms with Gasteiger partial charge in [0.05, 0.1) is 7.11 Å². The lowest BCUT2D eigenvalue weighted by Gasteiger charge is -2.06. The summed E-state index contributed by atoms with van der Waals surface area (Å²) in [6, 6.07) is 9.80. The number of methoxy groups -OCH3 is 1. The van der Waals surface area contributed by atoms with Gasteiger partial charge < -0.3 is 10.2 Å². The number of esters is 1. The Kier molecular flexibility index (Phi) is 6.74. The lowest BCUT2D eigenvalue weighted by Crippen LogP contribution is -2.55. The molecule has 2 aromatic carbocycles. The summed E-state index contributed by atoms with van der Waals surface area (Å²) < 4.78 is 19.3. The Labute approximate surface area is 140 Å². The summed E-state index contributed by atoms with van der Waals surface area (Å²) in [6.07, 6.45) is 3.23. The highest BCUT2D eigenvalue weighted by atomic mass is 79.9. The van der Waals surface area contributed by atoms with Crippen molar-refractivity contribution in [1.82, 2.24) is 0 Å². The average molecular weight is 382 g/mol. The van der Waals surface area contributed by atoms with Gasteiger partial charge in [-0.25, -0.2) is 9.18 Å². The molecule has 0 heterocycles. The molecule has 2 rings (SSSR count). The monoisotopic (exact) mass is 381 g/mol. The van der Waals surface area contributed by atoms with Crippen LogP contribution in [0.5, 0.6) is 0 Å². The zero-order valence-electron chi connectivity index (χ0n) is 12.0. The smallest absolute Gasteiger partial charge is 0.342 e. The summed E-state index contributed by atoms with van der Waals surface area (Å²) in [5, 5.41) is 1.78. The summed E-state index contributed by atoms with van der Waals surface area (Å²) >= 11 is 3.13. The molecule has 0 fully saturated rings. The van der Waals surface area contributed by atoms with Gasteiger partial charge in [0.2, 0.25) is 0 Å². The van der Waals surface area contributed by atoms with Gasteiger partial charge in [-0.3, -0.25) is 0 Å². The first-order chi connectivity index (χ1) is 10.6. The van der Waals surface area contributed by atoms with E-state index in [-0.39, 0.29) is 16.6 Å². The molecule has 0 unspecified atom stereocenters. The number of nitroso groups, excluding NO2 is 1. The van der Waals surface area contributed by atoms with Crippen LogP contribution >= 0.6 is 15.9 Å². The first-order valence-corrected chi connectivity index (χ1v) is 7.08. The minimum atomic E-state index is -0.745. The van der Waals surface area contributed by atoms with Crippen molar-refractivity contribution < 1.29 is 24.6 Å². The number of nitrogens with one attached hydrogen (secondary N) is 1. The second kappa shape index (κ2) is 8.30. The van der Waals surface area contributed by atoms with Gasteiger partial charge in [-0.2, -0.15) is 0 Å². The summed E-state index contributed by atoms with van der Waals surface area (Å²) in [5.41, 5.74) is 1.35. The molecule has 2 aromatic rings. The van der Waals surface area contributed by atoms with Crippen LogP contribution in [0.3, 0.4) is 0 Å². The van der Waals surface area contributed by atoms with Crippen molar-refractivity contribution in [3.8, 4) is 0 Å². The quantitative estimate of drug-likeness (QED) is 0.651. The third-order valence-electron chi connectivity index (χ3n) is 2.99. The van der Waals surface area contributed by atoms with Crippen LogP contribution in [0.25, 0.3) is 12.2 Å². The molecule has 7 heteroatoms. The minimum absolute atomic E-state index is 0. The van der Waals surface area contributed by atoms with Gasteiger partial charge in [0.1, 0.15) is 11.4 Å². The Morgan fingerprint density at radius 3 is 2.39 bits per heavy atom. The van der Waals surface area contributed by atoms with Crippen molar-refractivity contribution in [3.05, 3.63) is 68.3 Å². The van der Waals surface area contributed by atoms with Crippen molar-refractivity contribution in [2.75, 3.05) is 7.11 Å². The molecule has 5 nitrogen and oxygen atoms in total. The Hall–Kier alpha value is -2.38. The predicted molar refractivity (Wildman–Crippen MR) is 86.7 cm³/mol. The van der Waals surface area contributed by atoms with Crippen LogP contribution < -0.4 is 5.18 Å². The molecular weight excluding hydrogens is 369 g/mol. The second-order valence-corrected chi connectivity index (χ2v) is 5.23. The molecule has 2 N–H and O–H groups in total. The van der Waals surface area contributed by atoms with Gasteiger partial charge in [0.15, 0.2) is 0 Å². The van der Waals surface area contributed by atoms with E-state index < -0.39 is 11.8 Å². The Morgan fingerprint density at radius 1 is 1.17 bits per heavy atom. The maximum Gasteiger partial charge on any atom is 0.342 e. The molecule has 0 aliphatic carbocycles. The number of halogens is 2. The van der Waals surface area contributed by atoms with Crippen molar-refractivity contribution in [2.24, 2.45) is 0 Å². The van der Waals surface area contributed by atoms with Crippen LogP contribution in [0.15, 0.2) is 40.9 Å². The highest BCUT2D eigenvalue weighted by molar-refractivity contribution is 9.10. The van der Waals surface area contributed by atoms with Gasteiger partial charge in [-0.1, -0.05) is 18.2 Å². The summed E-state index contributed by atoms with van der Waals surface area (Å²) in [5.74, 6) is -1.40. The molecule has 0 aromatic heterocycles. The molecular formula is C16H13BrFNO4. The number of ether oxygens (including phenoxy) is 1. The summed E-state index contributed by atoms with van der Waals surface area (Å²) in [4.78, 5) is 22.1. The zero-order chi connectivity index (χ0) is 16.1. The summed E-state index contributed by atoms with van der Waals surface area (Å²) in [6.45, 7) is 0. The number of benzene rings is 2. The first kappa shape index (κ1) is 18.7. The van der Waals surface area contributed by atoms with E-state index in [9.17, 15) is 14.1 Å². The number of carbonyl (C=O) groups is 1. The van der Waals surface area contributed by atoms with Crippen LogP contribution in [0.4, 0.5) is 10.1 Å². The topological polar surface area (TPSA) is 87.3 Å². The highest BCUT2D eigenvalue weighted by Crippen LogP contribution is 2.25. The lowest BCUT2D eigenvalue weighted by molar-refractivity contribution is -0.379. The Morgan fingerprint density at radius 2 is 1.83 bits per heavy atom. The van der Waals surface area contributed by atoms with Gasteiger partial charge in [0.25, 0.3) is 5.69 Å². The van der Waals surface area contributed by atoms with Crippen molar-refractivity contribution in [2.45, 2.75) is 0 Å². The van der Waals surface area contributed by atoms with Gasteiger partial charge in [-0.15, -0.1) is 0 Å².